The van der Waals surface area contributed by atoms with Gasteiger partial charge in [-0.15, -0.1) is 0 Å². The second-order valence-corrected chi connectivity index (χ2v) is 4.23. The zero-order valence-corrected chi connectivity index (χ0v) is 9.18. The Kier molecular flexibility index (Phi) is 5.40. The third kappa shape index (κ3) is 4.10. The van der Waals surface area contributed by atoms with Crippen molar-refractivity contribution in [2.24, 2.45) is 0 Å². The fourth-order valence-corrected chi connectivity index (χ4v) is 2.21. The van der Waals surface area contributed by atoms with Crippen LogP contribution in [0.1, 0.15) is 38.5 Å². The van der Waals surface area contributed by atoms with E-state index in [-0.39, 0.29) is 0 Å². The average Bonchev–Trinajstić information content (AvgIpc) is 2.19. The van der Waals surface area contributed by atoms with Crippen LogP contribution in [0.3, 0.4) is 0 Å². The second kappa shape index (κ2) is 6.39. The second-order valence-electron chi connectivity index (χ2n) is 4.23. The SMILES string of the molecule is CNCCCN(C)C1CCCCC1. The average molecular weight is 184 g/mol. The first kappa shape index (κ1) is 11.0. The van der Waals surface area contributed by atoms with Crippen molar-refractivity contribution >= 4 is 0 Å². The summed E-state index contributed by atoms with van der Waals surface area (Å²) in [5, 5.41) is 3.20. The molecule has 0 heterocycles. The zero-order chi connectivity index (χ0) is 9.52. The summed E-state index contributed by atoms with van der Waals surface area (Å²) in [6.45, 7) is 2.41. The summed E-state index contributed by atoms with van der Waals surface area (Å²) in [5.41, 5.74) is 0. The molecule has 0 unspecified atom stereocenters. The Morgan fingerprint density at radius 3 is 2.54 bits per heavy atom. The number of nitrogens with zero attached hydrogens (tertiary/aromatic N) is 1. The van der Waals surface area contributed by atoms with E-state index in [1.54, 1.807) is 0 Å². The molecule has 0 saturated heterocycles. The maximum Gasteiger partial charge on any atom is 0.00922 e. The largest absolute Gasteiger partial charge is 0.320 e. The summed E-state index contributed by atoms with van der Waals surface area (Å²) in [6.07, 6.45) is 8.48. The maximum absolute atomic E-state index is 3.20. The van der Waals surface area contributed by atoms with E-state index in [0.717, 1.165) is 12.6 Å². The van der Waals surface area contributed by atoms with Crippen LogP contribution in [0.25, 0.3) is 0 Å². The number of nitrogens with one attached hydrogen (secondary N) is 1. The minimum absolute atomic E-state index is 0.880. The fraction of sp³-hybridized carbons (Fsp3) is 1.00. The Bertz CT molecular complexity index is 119. The predicted molar refractivity (Wildman–Crippen MR) is 58.0 cm³/mol. The highest BCUT2D eigenvalue weighted by Gasteiger charge is 2.16. The Balaban J connectivity index is 2.09. The zero-order valence-electron chi connectivity index (χ0n) is 9.18. The molecule has 1 saturated carbocycles. The fourth-order valence-electron chi connectivity index (χ4n) is 2.21. The summed E-state index contributed by atoms with van der Waals surface area (Å²) >= 11 is 0. The first-order chi connectivity index (χ1) is 6.34. The van der Waals surface area contributed by atoms with E-state index in [4.69, 9.17) is 0 Å². The third-order valence-corrected chi connectivity index (χ3v) is 3.14. The van der Waals surface area contributed by atoms with Crippen LogP contribution < -0.4 is 5.32 Å². The summed E-state index contributed by atoms with van der Waals surface area (Å²) in [7, 11) is 4.31. The van der Waals surface area contributed by atoms with Crippen LogP contribution in [0, 0.1) is 0 Å². The first-order valence-electron chi connectivity index (χ1n) is 5.69. The maximum atomic E-state index is 3.20. The van der Waals surface area contributed by atoms with Gasteiger partial charge in [-0.05, 0) is 46.4 Å². The molecule has 1 aliphatic carbocycles. The van der Waals surface area contributed by atoms with Gasteiger partial charge in [-0.1, -0.05) is 19.3 Å². The lowest BCUT2D eigenvalue weighted by Gasteiger charge is -2.31. The molecular weight excluding hydrogens is 160 g/mol. The van der Waals surface area contributed by atoms with Gasteiger partial charge in [0, 0.05) is 6.04 Å². The highest BCUT2D eigenvalue weighted by molar-refractivity contribution is 4.73. The van der Waals surface area contributed by atoms with Crippen LogP contribution in [0.15, 0.2) is 0 Å². The smallest absolute Gasteiger partial charge is 0.00922 e. The molecule has 1 fully saturated rings. The molecule has 0 aromatic rings. The highest BCUT2D eigenvalue weighted by Crippen LogP contribution is 2.21. The molecule has 1 N–H and O–H groups in total. The lowest BCUT2D eigenvalue weighted by Crippen LogP contribution is -2.35. The Hall–Kier alpha value is -0.0800. The highest BCUT2D eigenvalue weighted by atomic mass is 15.1. The standard InChI is InChI=1S/C11H24N2/c1-12-9-6-10-13(2)11-7-4-3-5-8-11/h11-12H,3-10H2,1-2H3. The lowest BCUT2D eigenvalue weighted by atomic mass is 9.94. The monoisotopic (exact) mass is 184 g/mol. The van der Waals surface area contributed by atoms with E-state index >= 15 is 0 Å². The lowest BCUT2D eigenvalue weighted by molar-refractivity contribution is 0.190. The summed E-state index contributed by atoms with van der Waals surface area (Å²) in [4.78, 5) is 2.55. The predicted octanol–water partition coefficient (Wildman–Crippen LogP) is 1.86. The van der Waals surface area contributed by atoms with Crippen LogP contribution in [-0.4, -0.2) is 38.1 Å². The van der Waals surface area contributed by atoms with Crippen molar-refractivity contribution in [3.8, 4) is 0 Å². The molecule has 0 amide bonds. The molecule has 2 heteroatoms. The molecule has 0 aromatic carbocycles. The van der Waals surface area contributed by atoms with Crippen LogP contribution in [0.4, 0.5) is 0 Å². The van der Waals surface area contributed by atoms with Crippen LogP contribution >= 0.6 is 0 Å². The summed E-state index contributed by atoms with van der Waals surface area (Å²) < 4.78 is 0. The summed E-state index contributed by atoms with van der Waals surface area (Å²) in [5.74, 6) is 0. The van der Waals surface area contributed by atoms with Gasteiger partial charge < -0.3 is 10.2 Å². The van der Waals surface area contributed by atoms with Gasteiger partial charge in [-0.2, -0.15) is 0 Å². The Labute approximate surface area is 82.7 Å². The first-order valence-corrected chi connectivity index (χ1v) is 5.69. The molecule has 0 aliphatic heterocycles. The van der Waals surface area contributed by atoms with E-state index in [1.165, 1.54) is 45.1 Å². The number of rotatable bonds is 5. The molecule has 13 heavy (non-hydrogen) atoms. The minimum atomic E-state index is 0.880. The van der Waals surface area contributed by atoms with Crippen LogP contribution in [0.5, 0.6) is 0 Å². The van der Waals surface area contributed by atoms with Gasteiger partial charge >= 0.3 is 0 Å². The molecule has 1 aliphatic rings. The molecule has 0 aromatic heterocycles. The van der Waals surface area contributed by atoms with Crippen LogP contribution in [0.2, 0.25) is 0 Å². The van der Waals surface area contributed by atoms with E-state index in [1.807, 2.05) is 7.05 Å². The number of hydrogen-bond donors (Lipinski definition) is 1. The third-order valence-electron chi connectivity index (χ3n) is 3.14. The molecule has 1 rings (SSSR count). The Morgan fingerprint density at radius 1 is 1.23 bits per heavy atom. The van der Waals surface area contributed by atoms with Gasteiger partial charge in [0.15, 0.2) is 0 Å². The van der Waals surface area contributed by atoms with E-state index in [0.29, 0.717) is 0 Å². The van der Waals surface area contributed by atoms with Gasteiger partial charge in [-0.25, -0.2) is 0 Å². The minimum Gasteiger partial charge on any atom is -0.320 e. The van der Waals surface area contributed by atoms with Crippen molar-refractivity contribution in [2.45, 2.75) is 44.6 Å². The molecule has 0 bridgehead atoms. The van der Waals surface area contributed by atoms with Crippen molar-refractivity contribution in [3.05, 3.63) is 0 Å². The van der Waals surface area contributed by atoms with Crippen molar-refractivity contribution in [2.75, 3.05) is 27.2 Å². The topological polar surface area (TPSA) is 15.3 Å². The van der Waals surface area contributed by atoms with E-state index in [2.05, 4.69) is 17.3 Å². The quantitative estimate of drug-likeness (QED) is 0.656. The van der Waals surface area contributed by atoms with Gasteiger partial charge in [-0.3, -0.25) is 0 Å². The van der Waals surface area contributed by atoms with Gasteiger partial charge in [0.1, 0.15) is 0 Å². The van der Waals surface area contributed by atoms with Crippen molar-refractivity contribution < 1.29 is 0 Å². The molecular formula is C11H24N2. The van der Waals surface area contributed by atoms with Crippen molar-refractivity contribution in [1.29, 1.82) is 0 Å². The van der Waals surface area contributed by atoms with Crippen molar-refractivity contribution in [3.63, 3.8) is 0 Å². The Morgan fingerprint density at radius 2 is 1.92 bits per heavy atom. The van der Waals surface area contributed by atoms with Crippen molar-refractivity contribution in [1.82, 2.24) is 10.2 Å². The summed E-state index contributed by atoms with van der Waals surface area (Å²) in [6, 6.07) is 0.880. The van der Waals surface area contributed by atoms with E-state index < -0.39 is 0 Å². The van der Waals surface area contributed by atoms with Gasteiger partial charge in [0.05, 0.1) is 0 Å². The molecule has 0 radical (unpaired) electrons. The molecule has 0 atom stereocenters. The molecule has 0 spiro atoms. The van der Waals surface area contributed by atoms with Crippen LogP contribution in [-0.2, 0) is 0 Å². The molecule has 78 valence electrons. The van der Waals surface area contributed by atoms with Gasteiger partial charge in [0.2, 0.25) is 0 Å². The normalized spacial score (nSPS) is 19.6. The van der Waals surface area contributed by atoms with Gasteiger partial charge in [0.25, 0.3) is 0 Å². The molecule has 2 nitrogen and oxygen atoms in total. The number of hydrogen-bond acceptors (Lipinski definition) is 2. The van der Waals surface area contributed by atoms with E-state index in [9.17, 15) is 0 Å².